The number of ketones is 2. The van der Waals surface area contributed by atoms with Crippen molar-refractivity contribution >= 4 is 59.7 Å². The molecule has 1 unspecified atom stereocenters. The van der Waals surface area contributed by atoms with Crippen molar-refractivity contribution in [1.82, 2.24) is 5.32 Å². The van der Waals surface area contributed by atoms with Crippen LogP contribution in [-0.4, -0.2) is 53.8 Å². The van der Waals surface area contributed by atoms with E-state index in [1.165, 1.54) is 25.1 Å². The highest BCUT2D eigenvalue weighted by Gasteiger charge is 2.57. The molecule has 12 heteroatoms. The van der Waals surface area contributed by atoms with Crippen LogP contribution in [0.5, 0.6) is 0 Å². The number of carboxylic acids is 1. The lowest BCUT2D eigenvalue weighted by Crippen LogP contribution is -2.41. The van der Waals surface area contributed by atoms with E-state index in [9.17, 15) is 29.1 Å². The highest BCUT2D eigenvalue weighted by molar-refractivity contribution is 6.51. The Morgan fingerprint density at radius 2 is 1.85 bits per heavy atom. The van der Waals surface area contributed by atoms with Crippen LogP contribution in [0, 0.1) is 5.92 Å². The number of nitrogens with one attached hydrogen (secondary N) is 1. The van der Waals surface area contributed by atoms with Gasteiger partial charge in [-0.15, -0.1) is 0 Å². The Hall–Kier alpha value is -2.43. The van der Waals surface area contributed by atoms with Gasteiger partial charge in [0.2, 0.25) is 0 Å². The molecule has 1 fully saturated rings. The maximum absolute atomic E-state index is 12.7. The third-order valence-corrected chi connectivity index (χ3v) is 5.74. The van der Waals surface area contributed by atoms with Crippen molar-refractivity contribution in [3.8, 4) is 0 Å². The predicted octanol–water partition coefficient (Wildman–Crippen LogP) is 3.35. The monoisotopic (exact) mass is 513 g/mol. The number of benzene rings is 1. The predicted molar refractivity (Wildman–Crippen MR) is 125 cm³/mol. The van der Waals surface area contributed by atoms with Crippen LogP contribution in [0.3, 0.4) is 0 Å². The van der Waals surface area contributed by atoms with Gasteiger partial charge in [0, 0.05) is 23.7 Å². The Kier molecular flexibility index (Phi) is 9.67. The van der Waals surface area contributed by atoms with Gasteiger partial charge in [-0.1, -0.05) is 37.0 Å². The van der Waals surface area contributed by atoms with Gasteiger partial charge < -0.3 is 19.7 Å². The van der Waals surface area contributed by atoms with Gasteiger partial charge in [-0.3, -0.25) is 24.0 Å². The van der Waals surface area contributed by atoms with Crippen LogP contribution < -0.4 is 5.32 Å². The zero-order valence-corrected chi connectivity index (χ0v) is 20.6. The van der Waals surface area contributed by atoms with E-state index in [0.717, 1.165) is 0 Å². The van der Waals surface area contributed by atoms with E-state index in [2.05, 4.69) is 5.32 Å². The number of amides is 1. The van der Waals surface area contributed by atoms with Crippen LogP contribution in [0.4, 0.5) is 0 Å². The van der Waals surface area contributed by atoms with E-state index in [-0.39, 0.29) is 35.3 Å². The molecule has 2 rings (SSSR count). The van der Waals surface area contributed by atoms with Gasteiger partial charge in [0.05, 0.1) is 23.6 Å². The molecule has 1 aromatic carbocycles. The molecular weight excluding hydrogens is 488 g/mol. The Bertz CT molecular complexity index is 968. The third-order valence-electron chi connectivity index (χ3n) is 5.18. The highest BCUT2D eigenvalue weighted by atomic mass is 35.5. The van der Waals surface area contributed by atoms with Crippen molar-refractivity contribution < 1.29 is 38.4 Å². The lowest BCUT2D eigenvalue weighted by molar-refractivity contribution is -0.154. The second kappa shape index (κ2) is 11.8. The molecule has 0 aromatic heterocycles. The summed E-state index contributed by atoms with van der Waals surface area (Å²) in [4.78, 5) is 60.6. The minimum Gasteiger partial charge on any atom is -0.507 e. The molecule has 1 aromatic rings. The number of rotatable bonds is 12. The molecule has 0 aliphatic carbocycles. The zero-order chi connectivity index (χ0) is 25.6. The lowest BCUT2D eigenvalue weighted by Gasteiger charge is -2.24. The second-order valence-corrected chi connectivity index (χ2v) is 9.62. The minimum atomic E-state index is -1.93. The van der Waals surface area contributed by atoms with Crippen LogP contribution in [-0.2, 0) is 28.5 Å². The van der Waals surface area contributed by atoms with Gasteiger partial charge in [0.15, 0.2) is 11.4 Å². The van der Waals surface area contributed by atoms with Gasteiger partial charge in [0.25, 0.3) is 5.91 Å². The van der Waals surface area contributed by atoms with E-state index >= 15 is 0 Å². The standard InChI is InChI=1S/C22H26BCl2NO8/c1-12(2)6-14(23-33-21(32)22(34-23,9-13(3)27)10-19(29)30)7-16(28)11-26-20(31)17-8-15(24)4-5-18(17)25/h4-5,8,12,14H,6-7,9-11H2,1-3H3,(H,26,31)(H,29,30)/t14-,22?/m1/s1. The third kappa shape index (κ3) is 7.54. The Labute approximate surface area is 207 Å². The van der Waals surface area contributed by atoms with Crippen molar-refractivity contribution in [1.29, 1.82) is 0 Å². The van der Waals surface area contributed by atoms with E-state index in [1.54, 1.807) is 0 Å². The second-order valence-electron chi connectivity index (χ2n) is 8.77. The summed E-state index contributed by atoms with van der Waals surface area (Å²) in [6, 6.07) is 4.38. The fraction of sp³-hybridized carbons (Fsp3) is 0.500. The molecular formula is C22H26BCl2NO8. The van der Waals surface area contributed by atoms with E-state index in [1.807, 2.05) is 13.8 Å². The van der Waals surface area contributed by atoms with Gasteiger partial charge in [-0.05, 0) is 37.5 Å². The van der Waals surface area contributed by atoms with Crippen molar-refractivity contribution in [3.63, 3.8) is 0 Å². The summed E-state index contributed by atoms with van der Waals surface area (Å²) in [5.41, 5.74) is -1.81. The molecule has 1 heterocycles. The molecule has 1 saturated heterocycles. The summed E-state index contributed by atoms with van der Waals surface area (Å²) in [5, 5.41) is 12.2. The first-order valence-electron chi connectivity index (χ1n) is 10.7. The van der Waals surface area contributed by atoms with E-state index < -0.39 is 55.0 Å². The first kappa shape index (κ1) is 27.8. The number of carbonyl (C=O) groups excluding carboxylic acids is 4. The smallest absolute Gasteiger partial charge is 0.507 e. The average Bonchev–Trinajstić information content (AvgIpc) is 3.01. The number of Topliss-reactive ketones (excluding diaryl/α,β-unsaturated/α-hetero) is 2. The number of carboxylic acid groups (broad SMARTS) is 1. The van der Waals surface area contributed by atoms with Crippen LogP contribution in [0.1, 0.15) is 56.8 Å². The maximum atomic E-state index is 12.7. The molecule has 0 bridgehead atoms. The summed E-state index contributed by atoms with van der Waals surface area (Å²) < 4.78 is 11.0. The SMILES string of the molecule is CC(=O)CC1(CC(=O)O)OB([C@@H](CC(=O)CNC(=O)c2cc(Cl)ccc2Cl)CC(C)C)OC1=O. The van der Waals surface area contributed by atoms with E-state index in [0.29, 0.717) is 11.4 Å². The summed E-state index contributed by atoms with van der Waals surface area (Å²) in [6.45, 7) is 4.71. The number of aliphatic carboxylic acids is 1. The van der Waals surface area contributed by atoms with Gasteiger partial charge in [0.1, 0.15) is 5.78 Å². The molecule has 0 spiro atoms. The van der Waals surface area contributed by atoms with Crippen molar-refractivity contribution in [2.24, 2.45) is 5.92 Å². The quantitative estimate of drug-likeness (QED) is 0.406. The molecule has 34 heavy (non-hydrogen) atoms. The summed E-state index contributed by atoms with van der Waals surface area (Å²) in [7, 11) is -1.20. The highest BCUT2D eigenvalue weighted by Crippen LogP contribution is 2.38. The summed E-state index contributed by atoms with van der Waals surface area (Å²) in [5.74, 6) is -4.16. The van der Waals surface area contributed by atoms with Crippen molar-refractivity contribution in [3.05, 3.63) is 33.8 Å². The Morgan fingerprint density at radius 1 is 1.18 bits per heavy atom. The van der Waals surface area contributed by atoms with Crippen molar-refractivity contribution in [2.45, 2.75) is 57.9 Å². The van der Waals surface area contributed by atoms with Gasteiger partial charge in [-0.2, -0.15) is 0 Å². The summed E-state index contributed by atoms with van der Waals surface area (Å²) >= 11 is 11.9. The number of halogens is 2. The maximum Gasteiger partial charge on any atom is 0.531 e. The average molecular weight is 514 g/mol. The first-order chi connectivity index (χ1) is 15.8. The largest absolute Gasteiger partial charge is 0.531 e. The first-order valence-corrected chi connectivity index (χ1v) is 11.4. The van der Waals surface area contributed by atoms with Gasteiger partial charge >= 0.3 is 19.1 Å². The Morgan fingerprint density at radius 3 is 2.44 bits per heavy atom. The molecule has 0 saturated carbocycles. The molecule has 1 amide bonds. The fourth-order valence-corrected chi connectivity index (χ4v) is 4.22. The van der Waals surface area contributed by atoms with Crippen LogP contribution in [0.15, 0.2) is 18.2 Å². The molecule has 1 aliphatic heterocycles. The summed E-state index contributed by atoms with van der Waals surface area (Å²) in [6.07, 6.45) is -0.877. The number of hydrogen-bond donors (Lipinski definition) is 2. The minimum absolute atomic E-state index is 0.0854. The van der Waals surface area contributed by atoms with Gasteiger partial charge in [-0.25, -0.2) is 0 Å². The van der Waals surface area contributed by atoms with Crippen molar-refractivity contribution in [2.75, 3.05) is 6.54 Å². The molecule has 2 atom stereocenters. The normalized spacial score (nSPS) is 18.5. The lowest BCUT2D eigenvalue weighted by atomic mass is 9.65. The number of hydrogen-bond acceptors (Lipinski definition) is 7. The molecule has 0 radical (unpaired) electrons. The molecule has 2 N–H and O–H groups in total. The molecule has 1 aliphatic rings. The topological polar surface area (TPSA) is 136 Å². The fourth-order valence-electron chi connectivity index (χ4n) is 3.84. The van der Waals surface area contributed by atoms with E-state index in [4.69, 9.17) is 32.5 Å². The zero-order valence-electron chi connectivity index (χ0n) is 19.1. The molecule has 9 nitrogen and oxygen atoms in total. The van der Waals surface area contributed by atoms with Crippen LogP contribution in [0.25, 0.3) is 0 Å². The van der Waals surface area contributed by atoms with Crippen LogP contribution >= 0.6 is 23.2 Å². The molecule has 184 valence electrons. The van der Waals surface area contributed by atoms with Crippen LogP contribution in [0.2, 0.25) is 15.9 Å². The Balaban J connectivity index is 2.10. The number of carbonyl (C=O) groups is 5.